The highest BCUT2D eigenvalue weighted by atomic mass is 16.5. The van der Waals surface area contributed by atoms with Gasteiger partial charge in [0.1, 0.15) is 12.3 Å². The Kier molecular flexibility index (Phi) is 4.84. The van der Waals surface area contributed by atoms with E-state index in [1.807, 2.05) is 19.1 Å². The minimum Gasteiger partial charge on any atom is -0.468 e. The van der Waals surface area contributed by atoms with Gasteiger partial charge < -0.3 is 10.5 Å². The second-order valence-corrected chi connectivity index (χ2v) is 4.05. The van der Waals surface area contributed by atoms with Gasteiger partial charge in [-0.1, -0.05) is 31.2 Å². The monoisotopic (exact) mass is 235 g/mol. The van der Waals surface area contributed by atoms with Gasteiger partial charge >= 0.3 is 5.97 Å². The molecule has 4 nitrogen and oxygen atoms in total. The van der Waals surface area contributed by atoms with Crippen LogP contribution in [-0.2, 0) is 16.0 Å². The first-order valence-electron chi connectivity index (χ1n) is 5.46. The van der Waals surface area contributed by atoms with Crippen molar-refractivity contribution in [3.05, 3.63) is 35.4 Å². The summed E-state index contributed by atoms with van der Waals surface area (Å²) in [5.41, 5.74) is 7.28. The van der Waals surface area contributed by atoms with Crippen LogP contribution in [0.5, 0.6) is 0 Å². The highest BCUT2D eigenvalue weighted by molar-refractivity contribution is 5.78. The molecule has 0 aliphatic rings. The lowest BCUT2D eigenvalue weighted by atomic mass is 9.92. The van der Waals surface area contributed by atoms with Gasteiger partial charge in [-0.2, -0.15) is 0 Å². The van der Waals surface area contributed by atoms with Crippen molar-refractivity contribution in [3.8, 4) is 0 Å². The molecule has 1 aromatic carbocycles. The van der Waals surface area contributed by atoms with Crippen LogP contribution in [0, 0.1) is 5.92 Å². The largest absolute Gasteiger partial charge is 0.468 e. The van der Waals surface area contributed by atoms with Crippen molar-refractivity contribution < 1.29 is 14.3 Å². The average molecular weight is 235 g/mol. The van der Waals surface area contributed by atoms with Crippen LogP contribution >= 0.6 is 0 Å². The minimum absolute atomic E-state index is 0.0800. The summed E-state index contributed by atoms with van der Waals surface area (Å²) in [7, 11) is 1.31. The number of nitrogens with two attached hydrogens (primary N) is 1. The summed E-state index contributed by atoms with van der Waals surface area (Å²) in [4.78, 5) is 22.1. The van der Waals surface area contributed by atoms with Gasteiger partial charge in [0.05, 0.1) is 7.11 Å². The van der Waals surface area contributed by atoms with Gasteiger partial charge in [-0.3, -0.25) is 9.59 Å². The molecule has 0 radical (unpaired) electrons. The van der Waals surface area contributed by atoms with Crippen molar-refractivity contribution in [1.82, 2.24) is 0 Å². The van der Waals surface area contributed by atoms with Crippen LogP contribution in [0.15, 0.2) is 24.3 Å². The molecule has 2 N–H and O–H groups in total. The van der Waals surface area contributed by atoms with Crippen molar-refractivity contribution in [3.63, 3.8) is 0 Å². The van der Waals surface area contributed by atoms with Crippen molar-refractivity contribution in [2.45, 2.75) is 19.4 Å². The number of rotatable bonds is 5. The molecule has 1 unspecified atom stereocenters. The number of carbonyl (C=O) groups is 2. The van der Waals surface area contributed by atoms with Gasteiger partial charge in [-0.25, -0.2) is 0 Å². The molecule has 4 heteroatoms. The predicted octanol–water partition coefficient (Wildman–Crippen LogP) is 1.18. The molecular formula is C13H17NO3. The number of esters is 1. The van der Waals surface area contributed by atoms with Gasteiger partial charge in [0.15, 0.2) is 0 Å². The molecule has 0 spiro atoms. The van der Waals surface area contributed by atoms with E-state index in [4.69, 9.17) is 5.73 Å². The smallest absolute Gasteiger partial charge is 0.322 e. The number of hydrogen-bond acceptors (Lipinski definition) is 4. The molecule has 17 heavy (non-hydrogen) atoms. The second kappa shape index (κ2) is 6.15. The van der Waals surface area contributed by atoms with Crippen molar-refractivity contribution >= 4 is 12.3 Å². The van der Waals surface area contributed by atoms with Crippen LogP contribution in [0.1, 0.15) is 22.8 Å². The molecule has 0 saturated heterocycles. The number of hydrogen-bond donors (Lipinski definition) is 1. The van der Waals surface area contributed by atoms with Crippen LogP contribution in [0.3, 0.4) is 0 Å². The molecule has 0 bridgehead atoms. The van der Waals surface area contributed by atoms with Crippen molar-refractivity contribution in [1.29, 1.82) is 0 Å². The Morgan fingerprint density at radius 3 is 2.71 bits per heavy atom. The molecule has 1 aromatic rings. The SMILES string of the molecule is COC(=O)[C@@H](N)C(C)Cc1ccccc1C=O. The highest BCUT2D eigenvalue weighted by Gasteiger charge is 2.22. The first-order valence-corrected chi connectivity index (χ1v) is 5.46. The quantitative estimate of drug-likeness (QED) is 0.614. The van der Waals surface area contributed by atoms with Gasteiger partial charge in [0, 0.05) is 5.56 Å². The fourth-order valence-corrected chi connectivity index (χ4v) is 1.68. The van der Waals surface area contributed by atoms with Gasteiger partial charge in [0.2, 0.25) is 0 Å². The van der Waals surface area contributed by atoms with E-state index < -0.39 is 12.0 Å². The number of aldehydes is 1. The van der Waals surface area contributed by atoms with Crippen LogP contribution in [0.25, 0.3) is 0 Å². The average Bonchev–Trinajstić information content (AvgIpc) is 2.37. The van der Waals surface area contributed by atoms with E-state index in [2.05, 4.69) is 4.74 Å². The van der Waals surface area contributed by atoms with E-state index in [1.165, 1.54) is 7.11 Å². The number of methoxy groups -OCH3 is 1. The van der Waals surface area contributed by atoms with E-state index in [9.17, 15) is 9.59 Å². The Balaban J connectivity index is 2.77. The van der Waals surface area contributed by atoms with E-state index in [1.54, 1.807) is 12.1 Å². The third-order valence-corrected chi connectivity index (χ3v) is 2.81. The Morgan fingerprint density at radius 1 is 1.47 bits per heavy atom. The highest BCUT2D eigenvalue weighted by Crippen LogP contribution is 2.15. The summed E-state index contributed by atoms with van der Waals surface area (Å²) in [6.45, 7) is 1.86. The lowest BCUT2D eigenvalue weighted by molar-refractivity contribution is -0.143. The molecular weight excluding hydrogens is 218 g/mol. The summed E-state index contributed by atoms with van der Waals surface area (Å²) in [5.74, 6) is -0.510. The van der Waals surface area contributed by atoms with Crippen LogP contribution in [0.2, 0.25) is 0 Å². The van der Waals surface area contributed by atoms with Crippen LogP contribution in [-0.4, -0.2) is 25.4 Å². The lowest BCUT2D eigenvalue weighted by Crippen LogP contribution is -2.38. The van der Waals surface area contributed by atoms with E-state index in [0.29, 0.717) is 12.0 Å². The standard InChI is InChI=1S/C13H17NO3/c1-9(12(14)13(16)17-2)7-10-5-3-4-6-11(10)8-15/h3-6,8-9,12H,7,14H2,1-2H3/t9?,12-/m0/s1. The van der Waals surface area contributed by atoms with Crippen LogP contribution < -0.4 is 5.73 Å². The Morgan fingerprint density at radius 2 is 2.12 bits per heavy atom. The summed E-state index contributed by atoms with van der Waals surface area (Å²) >= 11 is 0. The molecule has 0 heterocycles. The molecule has 92 valence electrons. The summed E-state index contributed by atoms with van der Waals surface area (Å²) in [6, 6.07) is 6.61. The van der Waals surface area contributed by atoms with E-state index in [0.717, 1.165) is 11.8 Å². The Bertz CT molecular complexity index is 403. The predicted molar refractivity (Wildman–Crippen MR) is 64.7 cm³/mol. The van der Waals surface area contributed by atoms with Gasteiger partial charge in [-0.15, -0.1) is 0 Å². The molecule has 2 atom stereocenters. The topological polar surface area (TPSA) is 69.4 Å². The van der Waals surface area contributed by atoms with Crippen molar-refractivity contribution in [2.75, 3.05) is 7.11 Å². The Labute approximate surface area is 101 Å². The molecule has 1 rings (SSSR count). The Hall–Kier alpha value is -1.68. The minimum atomic E-state index is -0.667. The second-order valence-electron chi connectivity index (χ2n) is 4.05. The molecule has 0 amide bonds. The maximum atomic E-state index is 11.3. The van der Waals surface area contributed by atoms with Crippen LogP contribution in [0.4, 0.5) is 0 Å². The third kappa shape index (κ3) is 3.39. The summed E-state index contributed by atoms with van der Waals surface area (Å²) in [6.07, 6.45) is 1.39. The zero-order valence-electron chi connectivity index (χ0n) is 10.1. The molecule has 0 saturated carbocycles. The number of benzene rings is 1. The first-order chi connectivity index (χ1) is 8.10. The van der Waals surface area contributed by atoms with Gasteiger partial charge in [0.25, 0.3) is 0 Å². The van der Waals surface area contributed by atoms with Crippen molar-refractivity contribution in [2.24, 2.45) is 11.7 Å². The van der Waals surface area contributed by atoms with E-state index >= 15 is 0 Å². The fraction of sp³-hybridized carbons (Fsp3) is 0.385. The maximum absolute atomic E-state index is 11.3. The molecule has 0 fully saturated rings. The molecule has 0 aliphatic heterocycles. The first kappa shape index (κ1) is 13.4. The third-order valence-electron chi connectivity index (χ3n) is 2.81. The fourth-order valence-electron chi connectivity index (χ4n) is 1.68. The zero-order valence-corrected chi connectivity index (χ0v) is 10.1. The summed E-state index contributed by atoms with van der Waals surface area (Å²) < 4.78 is 4.59. The normalized spacial score (nSPS) is 13.8. The maximum Gasteiger partial charge on any atom is 0.322 e. The summed E-state index contributed by atoms with van der Waals surface area (Å²) in [5, 5.41) is 0. The number of ether oxygens (including phenoxy) is 1. The molecule has 0 aromatic heterocycles. The number of carbonyl (C=O) groups excluding carboxylic acids is 2. The lowest BCUT2D eigenvalue weighted by Gasteiger charge is -2.18. The molecule has 0 aliphatic carbocycles. The zero-order chi connectivity index (χ0) is 12.8. The van der Waals surface area contributed by atoms with Gasteiger partial charge in [-0.05, 0) is 17.9 Å². The van der Waals surface area contributed by atoms with E-state index in [-0.39, 0.29) is 5.92 Å².